The van der Waals surface area contributed by atoms with Gasteiger partial charge in [0.1, 0.15) is 11.0 Å². The van der Waals surface area contributed by atoms with Crippen LogP contribution in [0.15, 0.2) is 12.1 Å². The summed E-state index contributed by atoms with van der Waals surface area (Å²) in [7, 11) is 0. The number of aromatic nitrogens is 1. The largest absolute Gasteiger partial charge is 0.392 e. The highest BCUT2D eigenvalue weighted by Gasteiger charge is 2.23. The van der Waals surface area contributed by atoms with Gasteiger partial charge in [-0.05, 0) is 45.7 Å². The first kappa shape index (κ1) is 17.0. The molecule has 0 spiro atoms. The predicted octanol–water partition coefficient (Wildman–Crippen LogP) is 2.57. The monoisotopic (exact) mass is 325 g/mol. The molecule has 5 nitrogen and oxygen atoms in total. The van der Waals surface area contributed by atoms with Gasteiger partial charge in [0.05, 0.1) is 6.10 Å². The Morgan fingerprint density at radius 2 is 2.00 bits per heavy atom. The molecular weight excluding hydrogens is 302 g/mol. The van der Waals surface area contributed by atoms with Crippen molar-refractivity contribution in [3.63, 3.8) is 0 Å². The zero-order valence-corrected chi connectivity index (χ0v) is 14.2. The van der Waals surface area contributed by atoms with E-state index < -0.39 is 6.10 Å². The molecule has 1 aliphatic heterocycles. The molecule has 0 bridgehead atoms. The molecule has 1 amide bonds. The zero-order valence-electron chi connectivity index (χ0n) is 13.4. The maximum atomic E-state index is 12.8. The van der Waals surface area contributed by atoms with E-state index in [1.807, 2.05) is 13.8 Å². The van der Waals surface area contributed by atoms with E-state index in [1.54, 1.807) is 24.0 Å². The van der Waals surface area contributed by atoms with Crippen LogP contribution in [0.5, 0.6) is 0 Å². The fourth-order valence-corrected chi connectivity index (χ4v) is 2.90. The summed E-state index contributed by atoms with van der Waals surface area (Å²) in [5.74, 6) is 0.634. The van der Waals surface area contributed by atoms with Gasteiger partial charge < -0.3 is 14.9 Å². The van der Waals surface area contributed by atoms with E-state index in [2.05, 4.69) is 9.88 Å². The quantitative estimate of drug-likeness (QED) is 0.845. The number of halogens is 1. The normalized spacial score (nSPS) is 16.2. The number of anilines is 1. The van der Waals surface area contributed by atoms with E-state index in [0.29, 0.717) is 17.3 Å². The molecule has 2 heterocycles. The van der Waals surface area contributed by atoms with Crippen LogP contribution in [0.4, 0.5) is 5.82 Å². The number of rotatable bonds is 5. The number of pyridine rings is 1. The van der Waals surface area contributed by atoms with Gasteiger partial charge in [-0.15, -0.1) is 0 Å². The van der Waals surface area contributed by atoms with Crippen molar-refractivity contribution in [2.45, 2.75) is 45.8 Å². The first-order valence-corrected chi connectivity index (χ1v) is 8.18. The van der Waals surface area contributed by atoms with Gasteiger partial charge in [-0.1, -0.05) is 11.6 Å². The predicted molar refractivity (Wildman–Crippen MR) is 88.5 cm³/mol. The number of amides is 1. The van der Waals surface area contributed by atoms with Gasteiger partial charge in [0.25, 0.3) is 5.91 Å². The summed E-state index contributed by atoms with van der Waals surface area (Å²) in [4.78, 5) is 20.9. The van der Waals surface area contributed by atoms with Crippen molar-refractivity contribution in [2.24, 2.45) is 0 Å². The van der Waals surface area contributed by atoms with E-state index in [9.17, 15) is 9.90 Å². The smallest absolute Gasteiger partial charge is 0.254 e. The van der Waals surface area contributed by atoms with Crippen molar-refractivity contribution in [2.75, 3.05) is 24.5 Å². The summed E-state index contributed by atoms with van der Waals surface area (Å²) in [6, 6.07) is 3.40. The lowest BCUT2D eigenvalue weighted by atomic mass is 10.1. The summed E-state index contributed by atoms with van der Waals surface area (Å²) < 4.78 is 0. The minimum Gasteiger partial charge on any atom is -0.392 e. The van der Waals surface area contributed by atoms with Crippen LogP contribution in [0.3, 0.4) is 0 Å². The van der Waals surface area contributed by atoms with Crippen LogP contribution < -0.4 is 4.90 Å². The molecule has 1 aromatic rings. The molecule has 6 heteroatoms. The van der Waals surface area contributed by atoms with Gasteiger partial charge in [0, 0.05) is 31.2 Å². The summed E-state index contributed by atoms with van der Waals surface area (Å²) in [6.07, 6.45) is 1.71. The van der Waals surface area contributed by atoms with E-state index in [4.69, 9.17) is 11.6 Å². The summed E-state index contributed by atoms with van der Waals surface area (Å²) >= 11 is 6.10. The minimum atomic E-state index is -0.568. The molecule has 122 valence electrons. The third-order valence-corrected chi connectivity index (χ3v) is 4.00. The molecule has 0 saturated carbocycles. The topological polar surface area (TPSA) is 56.7 Å². The summed E-state index contributed by atoms with van der Waals surface area (Å²) in [6.45, 7) is 7.74. The molecule has 22 heavy (non-hydrogen) atoms. The van der Waals surface area contributed by atoms with Gasteiger partial charge in [0.2, 0.25) is 0 Å². The van der Waals surface area contributed by atoms with Crippen LogP contribution >= 0.6 is 11.6 Å². The third-order valence-electron chi connectivity index (χ3n) is 3.80. The van der Waals surface area contributed by atoms with E-state index in [-0.39, 0.29) is 11.9 Å². The van der Waals surface area contributed by atoms with Gasteiger partial charge >= 0.3 is 0 Å². The van der Waals surface area contributed by atoms with Gasteiger partial charge in [0.15, 0.2) is 0 Å². The van der Waals surface area contributed by atoms with Gasteiger partial charge in [-0.25, -0.2) is 4.98 Å². The first-order chi connectivity index (χ1) is 10.4. The number of carbonyl (C=O) groups excluding carboxylic acids is 1. The average molecular weight is 326 g/mol. The van der Waals surface area contributed by atoms with Crippen molar-refractivity contribution < 1.29 is 9.90 Å². The number of aliphatic hydroxyl groups excluding tert-OH is 1. The minimum absolute atomic E-state index is 0.00396. The molecule has 1 aromatic heterocycles. The van der Waals surface area contributed by atoms with E-state index in [0.717, 1.165) is 31.7 Å². The van der Waals surface area contributed by atoms with Crippen LogP contribution in [0, 0.1) is 0 Å². The van der Waals surface area contributed by atoms with Crippen molar-refractivity contribution >= 4 is 23.3 Å². The van der Waals surface area contributed by atoms with Gasteiger partial charge in [-0.2, -0.15) is 0 Å². The highest BCUT2D eigenvalue weighted by molar-refractivity contribution is 6.29. The second kappa shape index (κ2) is 7.29. The molecule has 0 radical (unpaired) electrons. The Labute approximate surface area is 136 Å². The molecular formula is C16H24ClN3O2. The van der Waals surface area contributed by atoms with E-state index >= 15 is 0 Å². The van der Waals surface area contributed by atoms with Crippen LogP contribution in [-0.4, -0.2) is 52.7 Å². The Bertz CT molecular complexity index is 528. The SMILES string of the molecule is CC(O)CN(C(=O)c1cc(Cl)nc(N2CCCC2)c1)C(C)C. The highest BCUT2D eigenvalue weighted by Crippen LogP contribution is 2.23. The Morgan fingerprint density at radius 3 is 2.55 bits per heavy atom. The second-order valence-electron chi connectivity index (χ2n) is 6.13. The zero-order chi connectivity index (χ0) is 16.3. The van der Waals surface area contributed by atoms with Crippen LogP contribution in [0.25, 0.3) is 0 Å². The molecule has 0 aliphatic carbocycles. The number of hydrogen-bond donors (Lipinski definition) is 1. The number of nitrogens with zero attached hydrogens (tertiary/aromatic N) is 3. The van der Waals surface area contributed by atoms with Crippen LogP contribution in [-0.2, 0) is 0 Å². The lowest BCUT2D eigenvalue weighted by Gasteiger charge is -2.28. The Morgan fingerprint density at radius 1 is 1.36 bits per heavy atom. The second-order valence-corrected chi connectivity index (χ2v) is 6.52. The van der Waals surface area contributed by atoms with Crippen LogP contribution in [0.2, 0.25) is 5.15 Å². The highest BCUT2D eigenvalue weighted by atomic mass is 35.5. The molecule has 2 rings (SSSR count). The molecule has 1 aliphatic rings. The molecule has 1 atom stereocenters. The molecule has 1 fully saturated rings. The first-order valence-electron chi connectivity index (χ1n) is 7.80. The molecule has 0 aromatic carbocycles. The number of hydrogen-bond acceptors (Lipinski definition) is 4. The maximum absolute atomic E-state index is 12.8. The molecule has 1 saturated heterocycles. The van der Waals surface area contributed by atoms with Crippen molar-refractivity contribution in [1.29, 1.82) is 0 Å². The van der Waals surface area contributed by atoms with Crippen molar-refractivity contribution in [3.05, 3.63) is 22.8 Å². The Kier molecular flexibility index (Phi) is 5.64. The van der Waals surface area contributed by atoms with Crippen molar-refractivity contribution in [3.8, 4) is 0 Å². The van der Waals surface area contributed by atoms with Gasteiger partial charge in [-0.3, -0.25) is 4.79 Å². The summed E-state index contributed by atoms with van der Waals surface area (Å²) in [5.41, 5.74) is 0.524. The summed E-state index contributed by atoms with van der Waals surface area (Å²) in [5, 5.41) is 9.94. The van der Waals surface area contributed by atoms with E-state index in [1.165, 1.54) is 0 Å². The fraction of sp³-hybridized carbons (Fsp3) is 0.625. The lowest BCUT2D eigenvalue weighted by Crippen LogP contribution is -2.41. The number of carbonyl (C=O) groups is 1. The van der Waals surface area contributed by atoms with Crippen molar-refractivity contribution in [1.82, 2.24) is 9.88 Å². The Hall–Kier alpha value is -1.33. The molecule has 1 unspecified atom stereocenters. The Balaban J connectivity index is 2.27. The average Bonchev–Trinajstić information content (AvgIpc) is 2.97. The number of aliphatic hydroxyl groups is 1. The fourth-order valence-electron chi connectivity index (χ4n) is 2.69. The maximum Gasteiger partial charge on any atom is 0.254 e. The van der Waals surface area contributed by atoms with Crippen LogP contribution in [0.1, 0.15) is 44.0 Å². The molecule has 1 N–H and O–H groups in total. The third kappa shape index (κ3) is 4.11. The standard InChI is InChI=1S/C16H24ClN3O2/c1-11(2)20(10-12(3)21)16(22)13-8-14(17)18-15(9-13)19-6-4-5-7-19/h8-9,11-12,21H,4-7,10H2,1-3H3. The lowest BCUT2D eigenvalue weighted by molar-refractivity contribution is 0.0578.